The maximum absolute atomic E-state index is 13.3. The minimum Gasteiger partial charge on any atom is -0.380 e. The summed E-state index contributed by atoms with van der Waals surface area (Å²) in [6.45, 7) is 0.904. The van der Waals surface area contributed by atoms with E-state index in [0.717, 1.165) is 30.5 Å². The molecule has 3 rings (SSSR count). The van der Waals surface area contributed by atoms with Gasteiger partial charge in [0.15, 0.2) is 11.6 Å². The van der Waals surface area contributed by atoms with E-state index in [-0.39, 0.29) is 12.5 Å². The van der Waals surface area contributed by atoms with Gasteiger partial charge >= 0.3 is 0 Å². The molecule has 4 nitrogen and oxygen atoms in total. The van der Waals surface area contributed by atoms with Crippen molar-refractivity contribution >= 4 is 17.4 Å². The zero-order valence-corrected chi connectivity index (χ0v) is 15.0. The van der Waals surface area contributed by atoms with Gasteiger partial charge in [-0.3, -0.25) is 9.59 Å². The highest BCUT2D eigenvalue weighted by Gasteiger charge is 2.27. The number of halogens is 2. The topological polar surface area (TPSA) is 49.4 Å². The number of ketones is 1. The number of amides is 1. The van der Waals surface area contributed by atoms with Gasteiger partial charge in [0.1, 0.15) is 0 Å². The third kappa shape index (κ3) is 5.12. The summed E-state index contributed by atoms with van der Waals surface area (Å²) < 4.78 is 26.4. The van der Waals surface area contributed by atoms with E-state index in [0.29, 0.717) is 25.2 Å². The van der Waals surface area contributed by atoms with Gasteiger partial charge in [0.05, 0.1) is 0 Å². The molecule has 27 heavy (non-hydrogen) atoms. The molecule has 0 spiro atoms. The van der Waals surface area contributed by atoms with Crippen LogP contribution in [0, 0.1) is 11.6 Å². The first-order chi connectivity index (χ1) is 13.0. The zero-order valence-electron chi connectivity index (χ0n) is 15.0. The predicted molar refractivity (Wildman–Crippen MR) is 99.4 cm³/mol. The first-order valence-corrected chi connectivity index (χ1v) is 9.10. The largest absolute Gasteiger partial charge is 0.380 e. The van der Waals surface area contributed by atoms with Gasteiger partial charge < -0.3 is 10.2 Å². The summed E-state index contributed by atoms with van der Waals surface area (Å²) in [4.78, 5) is 26.3. The number of nitrogens with one attached hydrogen (secondary N) is 1. The molecule has 1 saturated heterocycles. The summed E-state index contributed by atoms with van der Waals surface area (Å²) in [5.74, 6) is -2.68. The molecule has 2 aromatic carbocycles. The monoisotopic (exact) mass is 372 g/mol. The lowest BCUT2D eigenvalue weighted by atomic mass is 10.0. The highest BCUT2D eigenvalue weighted by molar-refractivity contribution is 6.36. The van der Waals surface area contributed by atoms with Crippen LogP contribution in [0.1, 0.15) is 24.8 Å². The standard InChI is InChI=1S/C21H22F2N2O2/c22-18-10-9-16(13-19(18)23)24-17-7-4-12-25(14-17)21(27)20(26)11-8-15-5-2-1-3-6-15/h1-3,5-6,9-10,13,17,24H,4,7-8,11-12,14H2/t17-/m1/s1. The normalized spacial score (nSPS) is 16.8. The molecule has 1 aliphatic rings. The summed E-state index contributed by atoms with van der Waals surface area (Å²) in [7, 11) is 0. The Morgan fingerprint density at radius 2 is 1.85 bits per heavy atom. The van der Waals surface area contributed by atoms with E-state index in [2.05, 4.69) is 5.32 Å². The SMILES string of the molecule is O=C(CCc1ccccc1)C(=O)N1CCC[C@@H](Nc2ccc(F)c(F)c2)C1. The molecular formula is C21H22F2N2O2. The molecule has 6 heteroatoms. The van der Waals surface area contributed by atoms with E-state index in [9.17, 15) is 18.4 Å². The van der Waals surface area contributed by atoms with Gasteiger partial charge in [-0.05, 0) is 37.0 Å². The highest BCUT2D eigenvalue weighted by Crippen LogP contribution is 2.19. The lowest BCUT2D eigenvalue weighted by Gasteiger charge is -2.33. The Morgan fingerprint density at radius 1 is 1.07 bits per heavy atom. The molecule has 142 valence electrons. The molecule has 0 aromatic heterocycles. The molecule has 1 aliphatic heterocycles. The van der Waals surface area contributed by atoms with Crippen LogP contribution >= 0.6 is 0 Å². The highest BCUT2D eigenvalue weighted by atomic mass is 19.2. The van der Waals surface area contributed by atoms with Crippen molar-refractivity contribution in [2.45, 2.75) is 31.7 Å². The van der Waals surface area contributed by atoms with Crippen molar-refractivity contribution in [1.29, 1.82) is 0 Å². The molecule has 1 N–H and O–H groups in total. The second kappa shape index (κ2) is 8.75. The number of hydrogen-bond donors (Lipinski definition) is 1. The second-order valence-electron chi connectivity index (χ2n) is 6.77. The van der Waals surface area contributed by atoms with E-state index in [4.69, 9.17) is 0 Å². The minimum atomic E-state index is -0.917. The number of carbonyl (C=O) groups is 2. The van der Waals surface area contributed by atoms with Crippen molar-refractivity contribution in [3.05, 3.63) is 65.7 Å². The van der Waals surface area contributed by atoms with Gasteiger partial charge in [-0.2, -0.15) is 0 Å². The smallest absolute Gasteiger partial charge is 0.290 e. The van der Waals surface area contributed by atoms with Crippen molar-refractivity contribution in [2.75, 3.05) is 18.4 Å². The summed E-state index contributed by atoms with van der Waals surface area (Å²) in [6, 6.07) is 13.1. The van der Waals surface area contributed by atoms with E-state index in [1.54, 1.807) is 4.90 Å². The quantitative estimate of drug-likeness (QED) is 0.789. The predicted octanol–water partition coefficient (Wildman–Crippen LogP) is 3.57. The number of hydrogen-bond acceptors (Lipinski definition) is 3. The van der Waals surface area contributed by atoms with E-state index < -0.39 is 23.3 Å². The third-order valence-corrected chi connectivity index (χ3v) is 4.72. The molecule has 0 aliphatic carbocycles. The first kappa shape index (κ1) is 19.0. The number of aryl methyl sites for hydroxylation is 1. The molecule has 1 atom stereocenters. The van der Waals surface area contributed by atoms with Crippen LogP contribution in [-0.4, -0.2) is 35.7 Å². The van der Waals surface area contributed by atoms with Crippen LogP contribution in [0.15, 0.2) is 48.5 Å². The van der Waals surface area contributed by atoms with Gasteiger partial charge in [0.2, 0.25) is 5.78 Å². The van der Waals surface area contributed by atoms with Crippen molar-refractivity contribution < 1.29 is 18.4 Å². The molecule has 1 heterocycles. The number of nitrogens with zero attached hydrogens (tertiary/aromatic N) is 1. The van der Waals surface area contributed by atoms with Gasteiger partial charge in [-0.15, -0.1) is 0 Å². The average Bonchev–Trinajstić information content (AvgIpc) is 2.69. The van der Waals surface area contributed by atoms with Crippen LogP contribution in [0.5, 0.6) is 0 Å². The number of likely N-dealkylation sites (tertiary alicyclic amines) is 1. The van der Waals surface area contributed by atoms with Crippen LogP contribution in [0.3, 0.4) is 0 Å². The number of benzene rings is 2. The molecule has 0 unspecified atom stereocenters. The number of rotatable bonds is 6. The van der Waals surface area contributed by atoms with E-state index in [1.165, 1.54) is 6.07 Å². The summed E-state index contributed by atoms with van der Waals surface area (Å²) in [6.07, 6.45) is 2.26. The van der Waals surface area contributed by atoms with Gasteiger partial charge in [-0.1, -0.05) is 30.3 Å². The maximum atomic E-state index is 13.3. The Balaban J connectivity index is 1.54. The number of anilines is 1. The third-order valence-electron chi connectivity index (χ3n) is 4.72. The Morgan fingerprint density at radius 3 is 2.59 bits per heavy atom. The van der Waals surface area contributed by atoms with Crippen molar-refractivity contribution in [1.82, 2.24) is 4.90 Å². The van der Waals surface area contributed by atoms with Crippen LogP contribution in [0.4, 0.5) is 14.5 Å². The van der Waals surface area contributed by atoms with Crippen molar-refractivity contribution in [3.8, 4) is 0 Å². The Labute approximate surface area is 157 Å². The lowest BCUT2D eigenvalue weighted by molar-refractivity contribution is -0.145. The summed E-state index contributed by atoms with van der Waals surface area (Å²) >= 11 is 0. The average molecular weight is 372 g/mol. The Bertz CT molecular complexity index is 811. The Kier molecular flexibility index (Phi) is 6.16. The number of carbonyl (C=O) groups excluding carboxylic acids is 2. The minimum absolute atomic E-state index is 0.102. The van der Waals surface area contributed by atoms with Crippen LogP contribution in [-0.2, 0) is 16.0 Å². The molecule has 1 amide bonds. The molecule has 2 aromatic rings. The fourth-order valence-corrected chi connectivity index (χ4v) is 3.29. The molecular weight excluding hydrogens is 350 g/mol. The number of Topliss-reactive ketones (excluding diaryl/α,β-unsaturated/α-hetero) is 1. The lowest BCUT2D eigenvalue weighted by Crippen LogP contribution is -2.47. The van der Waals surface area contributed by atoms with E-state index >= 15 is 0 Å². The van der Waals surface area contributed by atoms with Crippen LogP contribution in [0.25, 0.3) is 0 Å². The second-order valence-corrected chi connectivity index (χ2v) is 6.77. The van der Waals surface area contributed by atoms with Crippen LogP contribution < -0.4 is 5.32 Å². The van der Waals surface area contributed by atoms with Crippen LogP contribution in [0.2, 0.25) is 0 Å². The van der Waals surface area contributed by atoms with Crippen molar-refractivity contribution in [2.24, 2.45) is 0 Å². The Hall–Kier alpha value is -2.76. The molecule has 1 fully saturated rings. The van der Waals surface area contributed by atoms with E-state index in [1.807, 2.05) is 30.3 Å². The molecule has 0 radical (unpaired) electrons. The van der Waals surface area contributed by atoms with Crippen molar-refractivity contribution in [3.63, 3.8) is 0 Å². The van der Waals surface area contributed by atoms with Gasteiger partial charge in [0.25, 0.3) is 5.91 Å². The fourth-order valence-electron chi connectivity index (χ4n) is 3.29. The maximum Gasteiger partial charge on any atom is 0.290 e. The van der Waals surface area contributed by atoms with Gasteiger partial charge in [0, 0.05) is 37.3 Å². The zero-order chi connectivity index (χ0) is 19.2. The first-order valence-electron chi connectivity index (χ1n) is 9.10. The molecule has 0 bridgehead atoms. The number of piperidine rings is 1. The fraction of sp³-hybridized carbons (Fsp3) is 0.333. The molecule has 0 saturated carbocycles. The summed E-state index contributed by atoms with van der Waals surface area (Å²) in [5, 5.41) is 3.12. The summed E-state index contributed by atoms with van der Waals surface area (Å²) in [5.41, 5.74) is 1.48. The van der Waals surface area contributed by atoms with Gasteiger partial charge in [-0.25, -0.2) is 8.78 Å².